The summed E-state index contributed by atoms with van der Waals surface area (Å²) < 4.78 is 41.3. The zero-order chi connectivity index (χ0) is 13.9. The number of alkyl halides is 3. The third-order valence-electron chi connectivity index (χ3n) is 2.47. The molecule has 0 aliphatic rings. The summed E-state index contributed by atoms with van der Waals surface area (Å²) in [5, 5.41) is 17.8. The van der Waals surface area contributed by atoms with Gasteiger partial charge >= 0.3 is 6.18 Å². The zero-order valence-electron chi connectivity index (χ0n) is 10.1. The lowest BCUT2D eigenvalue weighted by molar-refractivity contribution is -0.210. The van der Waals surface area contributed by atoms with E-state index in [2.05, 4.69) is 0 Å². The fraction of sp³-hybridized carbons (Fsp3) is 0.500. The molecule has 0 saturated carbocycles. The minimum atomic E-state index is -4.69. The van der Waals surface area contributed by atoms with Gasteiger partial charge in [-0.1, -0.05) is 12.1 Å². The summed E-state index contributed by atoms with van der Waals surface area (Å²) in [5.74, 6) is 0.301. The first-order valence-electron chi connectivity index (χ1n) is 5.34. The van der Waals surface area contributed by atoms with Crippen LogP contribution in [0.5, 0.6) is 5.75 Å². The molecule has 0 spiro atoms. The topological polar surface area (TPSA) is 49.7 Å². The molecule has 6 heteroatoms. The first kappa shape index (κ1) is 14.8. The van der Waals surface area contributed by atoms with E-state index in [9.17, 15) is 13.2 Å². The number of aliphatic hydroxyl groups is 2. The van der Waals surface area contributed by atoms with Gasteiger partial charge in [-0.15, -0.1) is 0 Å². The van der Waals surface area contributed by atoms with Crippen molar-refractivity contribution >= 4 is 0 Å². The highest BCUT2D eigenvalue weighted by Crippen LogP contribution is 2.27. The number of benzene rings is 1. The lowest BCUT2D eigenvalue weighted by atomic mass is 10.1. The van der Waals surface area contributed by atoms with Gasteiger partial charge < -0.3 is 14.9 Å². The van der Waals surface area contributed by atoms with Crippen molar-refractivity contribution in [2.45, 2.75) is 32.7 Å². The molecule has 0 heterocycles. The van der Waals surface area contributed by atoms with Crippen LogP contribution in [0, 0.1) is 13.8 Å². The summed E-state index contributed by atoms with van der Waals surface area (Å²) in [5.41, 5.74) is 1.90. The molecule has 18 heavy (non-hydrogen) atoms. The SMILES string of the molecule is Cc1cc(CO)cc(C)c1OCC(O)C(F)(F)F. The molecule has 0 bridgehead atoms. The van der Waals surface area contributed by atoms with Crippen molar-refractivity contribution < 1.29 is 28.1 Å². The molecule has 0 aliphatic carbocycles. The van der Waals surface area contributed by atoms with Gasteiger partial charge in [-0.3, -0.25) is 0 Å². The van der Waals surface area contributed by atoms with Gasteiger partial charge in [0.25, 0.3) is 0 Å². The Morgan fingerprint density at radius 1 is 1.22 bits per heavy atom. The Labute approximate surface area is 103 Å². The fourth-order valence-corrected chi connectivity index (χ4v) is 1.62. The number of halogens is 3. The zero-order valence-corrected chi connectivity index (χ0v) is 10.1. The largest absolute Gasteiger partial charge is 0.490 e. The van der Waals surface area contributed by atoms with Crippen molar-refractivity contribution in [3.05, 3.63) is 28.8 Å². The van der Waals surface area contributed by atoms with Crippen molar-refractivity contribution in [3.63, 3.8) is 0 Å². The van der Waals surface area contributed by atoms with E-state index in [-0.39, 0.29) is 6.61 Å². The average Bonchev–Trinajstić information content (AvgIpc) is 2.25. The van der Waals surface area contributed by atoms with E-state index < -0.39 is 18.9 Å². The van der Waals surface area contributed by atoms with Crippen molar-refractivity contribution in [1.82, 2.24) is 0 Å². The monoisotopic (exact) mass is 264 g/mol. The number of aliphatic hydroxyl groups excluding tert-OH is 2. The van der Waals surface area contributed by atoms with Crippen LogP contribution >= 0.6 is 0 Å². The van der Waals surface area contributed by atoms with Gasteiger partial charge in [-0.05, 0) is 30.5 Å². The second-order valence-electron chi connectivity index (χ2n) is 4.09. The summed E-state index contributed by atoms with van der Waals surface area (Å²) in [6.45, 7) is 2.35. The number of hydrogen-bond donors (Lipinski definition) is 2. The van der Waals surface area contributed by atoms with Gasteiger partial charge in [0.2, 0.25) is 0 Å². The summed E-state index contributed by atoms with van der Waals surface area (Å²) >= 11 is 0. The van der Waals surface area contributed by atoms with Crippen LogP contribution in [-0.4, -0.2) is 29.1 Å². The molecule has 1 atom stereocenters. The molecule has 0 fully saturated rings. The predicted octanol–water partition coefficient (Wildman–Crippen LogP) is 2.10. The number of rotatable bonds is 4. The Balaban J connectivity index is 2.80. The molecule has 0 aliphatic heterocycles. The molecule has 0 aromatic heterocycles. The maximum absolute atomic E-state index is 12.1. The van der Waals surface area contributed by atoms with Crippen LogP contribution in [0.4, 0.5) is 13.2 Å². The lowest BCUT2D eigenvalue weighted by Crippen LogP contribution is -2.34. The summed E-state index contributed by atoms with van der Waals surface area (Å²) in [6, 6.07) is 3.25. The smallest absolute Gasteiger partial charge is 0.417 e. The van der Waals surface area contributed by atoms with Crippen molar-refractivity contribution in [2.75, 3.05) is 6.61 Å². The summed E-state index contributed by atoms with van der Waals surface area (Å²) in [4.78, 5) is 0. The Bertz CT molecular complexity index is 393. The van der Waals surface area contributed by atoms with Crippen LogP contribution in [0.3, 0.4) is 0 Å². The van der Waals surface area contributed by atoms with Crippen LogP contribution in [-0.2, 0) is 6.61 Å². The number of hydrogen-bond acceptors (Lipinski definition) is 3. The number of ether oxygens (including phenoxy) is 1. The average molecular weight is 264 g/mol. The predicted molar refractivity (Wildman–Crippen MR) is 59.4 cm³/mol. The molecule has 0 saturated heterocycles. The molecule has 1 aromatic carbocycles. The Morgan fingerprint density at radius 2 is 1.72 bits per heavy atom. The lowest BCUT2D eigenvalue weighted by Gasteiger charge is -2.18. The van der Waals surface area contributed by atoms with Crippen LogP contribution in [0.2, 0.25) is 0 Å². The van der Waals surface area contributed by atoms with E-state index in [4.69, 9.17) is 14.9 Å². The van der Waals surface area contributed by atoms with Crippen molar-refractivity contribution in [3.8, 4) is 5.75 Å². The second kappa shape index (κ2) is 5.58. The Hall–Kier alpha value is -1.27. The highest BCUT2D eigenvalue weighted by molar-refractivity contribution is 5.43. The molecule has 2 N–H and O–H groups in total. The maximum atomic E-state index is 12.1. The van der Waals surface area contributed by atoms with E-state index >= 15 is 0 Å². The van der Waals surface area contributed by atoms with Gasteiger partial charge in [-0.25, -0.2) is 0 Å². The first-order chi connectivity index (χ1) is 8.25. The van der Waals surface area contributed by atoms with Gasteiger partial charge in [0.05, 0.1) is 6.61 Å². The van der Waals surface area contributed by atoms with Crippen molar-refractivity contribution in [1.29, 1.82) is 0 Å². The minimum absolute atomic E-state index is 0.146. The Kier molecular flexibility index (Phi) is 4.59. The van der Waals surface area contributed by atoms with E-state index in [1.165, 1.54) is 0 Å². The third kappa shape index (κ3) is 3.61. The summed E-state index contributed by atoms with van der Waals surface area (Å²) in [7, 11) is 0. The molecule has 0 radical (unpaired) electrons. The van der Waals surface area contributed by atoms with Crippen LogP contribution in [0.15, 0.2) is 12.1 Å². The van der Waals surface area contributed by atoms with E-state index in [0.29, 0.717) is 22.4 Å². The number of aryl methyl sites for hydroxylation is 2. The van der Waals surface area contributed by atoms with Gasteiger partial charge in [-0.2, -0.15) is 13.2 Å². The second-order valence-corrected chi connectivity index (χ2v) is 4.09. The van der Waals surface area contributed by atoms with E-state index in [0.717, 1.165) is 0 Å². The Morgan fingerprint density at radius 3 is 2.11 bits per heavy atom. The molecular formula is C12H15F3O3. The molecule has 3 nitrogen and oxygen atoms in total. The molecule has 102 valence electrons. The van der Waals surface area contributed by atoms with E-state index in [1.54, 1.807) is 26.0 Å². The van der Waals surface area contributed by atoms with Gasteiger partial charge in [0, 0.05) is 0 Å². The molecule has 1 unspecified atom stereocenters. The van der Waals surface area contributed by atoms with Crippen molar-refractivity contribution in [2.24, 2.45) is 0 Å². The first-order valence-corrected chi connectivity index (χ1v) is 5.34. The fourth-order valence-electron chi connectivity index (χ4n) is 1.62. The molecule has 1 aromatic rings. The van der Waals surface area contributed by atoms with Gasteiger partial charge in [0.15, 0.2) is 6.10 Å². The molecule has 0 amide bonds. The quantitative estimate of drug-likeness (QED) is 0.875. The maximum Gasteiger partial charge on any atom is 0.417 e. The minimum Gasteiger partial charge on any atom is -0.490 e. The van der Waals surface area contributed by atoms with Crippen LogP contribution < -0.4 is 4.74 Å². The normalized spacial score (nSPS) is 13.5. The van der Waals surface area contributed by atoms with Gasteiger partial charge in [0.1, 0.15) is 12.4 Å². The standard InChI is InChI=1S/C12H15F3O3/c1-7-3-9(5-16)4-8(2)11(7)18-6-10(17)12(13,14)15/h3-4,10,16-17H,5-6H2,1-2H3. The van der Waals surface area contributed by atoms with Crippen LogP contribution in [0.25, 0.3) is 0 Å². The third-order valence-corrected chi connectivity index (χ3v) is 2.47. The van der Waals surface area contributed by atoms with Crippen LogP contribution in [0.1, 0.15) is 16.7 Å². The van der Waals surface area contributed by atoms with E-state index in [1.807, 2.05) is 0 Å². The highest BCUT2D eigenvalue weighted by atomic mass is 19.4. The molecular weight excluding hydrogens is 249 g/mol. The highest BCUT2D eigenvalue weighted by Gasteiger charge is 2.38. The molecule has 1 rings (SSSR count). The summed E-state index contributed by atoms with van der Waals surface area (Å²) in [6.07, 6.45) is -7.19.